The average molecular weight is 314 g/mol. The van der Waals surface area contributed by atoms with E-state index in [1.54, 1.807) is 22.7 Å². The molecule has 0 saturated carbocycles. The molecule has 1 N–H and O–H groups in total. The molecule has 0 saturated heterocycles. The lowest BCUT2D eigenvalue weighted by Crippen LogP contribution is -2.07. The van der Waals surface area contributed by atoms with Gasteiger partial charge in [-0.3, -0.25) is 0 Å². The molecule has 108 valence electrons. The Balaban J connectivity index is 1.75. The fraction of sp³-hybridized carbons (Fsp3) is 0.235. The van der Waals surface area contributed by atoms with E-state index in [1.165, 1.54) is 10.4 Å². The van der Waals surface area contributed by atoms with E-state index < -0.39 is 0 Å². The van der Waals surface area contributed by atoms with Crippen LogP contribution in [0.3, 0.4) is 0 Å². The summed E-state index contributed by atoms with van der Waals surface area (Å²) in [6, 6.07) is 13.2. The highest BCUT2D eigenvalue weighted by atomic mass is 32.1. The quantitative estimate of drug-likeness (QED) is 0.649. The van der Waals surface area contributed by atoms with Gasteiger partial charge >= 0.3 is 0 Å². The maximum absolute atomic E-state index is 4.53. The molecule has 0 amide bonds. The van der Waals surface area contributed by atoms with Crippen LogP contribution in [0.1, 0.15) is 29.3 Å². The van der Waals surface area contributed by atoms with Crippen LogP contribution in [0.25, 0.3) is 11.3 Å². The molecule has 3 rings (SSSR count). The van der Waals surface area contributed by atoms with Crippen molar-refractivity contribution in [1.29, 1.82) is 0 Å². The molecule has 2 heterocycles. The van der Waals surface area contributed by atoms with Crippen molar-refractivity contribution in [3.8, 4) is 11.3 Å². The first-order valence-corrected chi connectivity index (χ1v) is 8.84. The van der Waals surface area contributed by atoms with Gasteiger partial charge in [0.05, 0.1) is 16.7 Å². The van der Waals surface area contributed by atoms with Crippen LogP contribution >= 0.6 is 22.7 Å². The highest BCUT2D eigenvalue weighted by molar-refractivity contribution is 7.10. The lowest BCUT2D eigenvalue weighted by molar-refractivity contribution is 0.764. The van der Waals surface area contributed by atoms with E-state index in [-0.39, 0.29) is 0 Å². The minimum Gasteiger partial charge on any atom is -0.377 e. The standard InChI is InChI=1S/C17H18N2S2/c1-3-15(17-5-4-10-20-17)19-14-8-6-13(7-9-14)16-11-21-12(2)18-16/h4-11,15,19H,3H2,1-2H3. The SMILES string of the molecule is CCC(Nc1ccc(-c2csc(C)n2)cc1)c1cccs1. The fourth-order valence-corrected chi connectivity index (χ4v) is 3.78. The monoisotopic (exact) mass is 314 g/mol. The van der Waals surface area contributed by atoms with E-state index in [0.717, 1.165) is 22.8 Å². The number of hydrogen-bond acceptors (Lipinski definition) is 4. The lowest BCUT2D eigenvalue weighted by Gasteiger charge is -2.17. The topological polar surface area (TPSA) is 24.9 Å². The van der Waals surface area contributed by atoms with Crippen molar-refractivity contribution in [2.75, 3.05) is 5.32 Å². The molecule has 21 heavy (non-hydrogen) atoms. The van der Waals surface area contributed by atoms with Gasteiger partial charge in [-0.2, -0.15) is 0 Å². The van der Waals surface area contributed by atoms with Crippen molar-refractivity contribution in [3.05, 3.63) is 57.0 Å². The number of thiazole rings is 1. The second-order valence-corrected chi connectivity index (χ2v) is 6.99. The van der Waals surface area contributed by atoms with E-state index in [0.29, 0.717) is 6.04 Å². The minimum absolute atomic E-state index is 0.386. The molecule has 3 aromatic rings. The molecule has 2 aromatic heterocycles. The van der Waals surface area contributed by atoms with Crippen LogP contribution in [0, 0.1) is 6.92 Å². The van der Waals surface area contributed by atoms with Gasteiger partial charge in [-0.05, 0) is 36.9 Å². The van der Waals surface area contributed by atoms with Gasteiger partial charge in [0.15, 0.2) is 0 Å². The molecule has 0 aliphatic carbocycles. The maximum atomic E-state index is 4.53. The van der Waals surface area contributed by atoms with Crippen LogP contribution in [0.4, 0.5) is 5.69 Å². The Labute approximate surface area is 133 Å². The first-order valence-electron chi connectivity index (χ1n) is 7.08. The Bertz CT molecular complexity index is 684. The summed E-state index contributed by atoms with van der Waals surface area (Å²) in [7, 11) is 0. The highest BCUT2D eigenvalue weighted by Gasteiger charge is 2.10. The van der Waals surface area contributed by atoms with E-state index in [1.807, 2.05) is 6.92 Å². The van der Waals surface area contributed by atoms with E-state index in [2.05, 4.69) is 64.4 Å². The van der Waals surface area contributed by atoms with Crippen molar-refractivity contribution in [1.82, 2.24) is 4.98 Å². The lowest BCUT2D eigenvalue weighted by atomic mass is 10.1. The summed E-state index contributed by atoms with van der Waals surface area (Å²) in [5, 5.41) is 8.96. The van der Waals surface area contributed by atoms with E-state index >= 15 is 0 Å². The molecular formula is C17H18N2S2. The van der Waals surface area contributed by atoms with Crippen molar-refractivity contribution in [2.24, 2.45) is 0 Å². The Morgan fingerprint density at radius 1 is 1.14 bits per heavy atom. The minimum atomic E-state index is 0.386. The second kappa shape index (κ2) is 6.41. The van der Waals surface area contributed by atoms with Crippen LogP contribution in [0.15, 0.2) is 47.2 Å². The van der Waals surface area contributed by atoms with Gasteiger partial charge in [-0.15, -0.1) is 22.7 Å². The number of nitrogens with one attached hydrogen (secondary N) is 1. The van der Waals surface area contributed by atoms with Crippen LogP contribution in [0.5, 0.6) is 0 Å². The molecule has 0 radical (unpaired) electrons. The Hall–Kier alpha value is -1.65. The average Bonchev–Trinajstić information content (AvgIpc) is 3.17. The van der Waals surface area contributed by atoms with E-state index in [9.17, 15) is 0 Å². The van der Waals surface area contributed by atoms with E-state index in [4.69, 9.17) is 0 Å². The van der Waals surface area contributed by atoms with Gasteiger partial charge in [0.2, 0.25) is 0 Å². The second-order valence-electron chi connectivity index (χ2n) is 4.95. The summed E-state index contributed by atoms with van der Waals surface area (Å²) in [5.74, 6) is 0. The molecule has 0 bridgehead atoms. The third-order valence-electron chi connectivity index (χ3n) is 3.44. The normalized spacial score (nSPS) is 12.3. The summed E-state index contributed by atoms with van der Waals surface area (Å²) in [4.78, 5) is 5.91. The number of nitrogens with zero attached hydrogens (tertiary/aromatic N) is 1. The Kier molecular flexibility index (Phi) is 4.36. The summed E-state index contributed by atoms with van der Waals surface area (Å²) in [5.41, 5.74) is 3.40. The predicted molar refractivity (Wildman–Crippen MR) is 93.3 cm³/mol. The van der Waals surface area contributed by atoms with Gasteiger partial charge in [0.25, 0.3) is 0 Å². The number of aryl methyl sites for hydroxylation is 1. The molecule has 0 aliphatic rings. The van der Waals surface area contributed by atoms with Gasteiger partial charge in [0.1, 0.15) is 0 Å². The number of benzene rings is 1. The molecule has 0 aliphatic heterocycles. The van der Waals surface area contributed by atoms with Crippen LogP contribution < -0.4 is 5.32 Å². The van der Waals surface area contributed by atoms with Crippen molar-refractivity contribution < 1.29 is 0 Å². The third kappa shape index (κ3) is 3.34. The van der Waals surface area contributed by atoms with Crippen LogP contribution in [-0.2, 0) is 0 Å². The molecular weight excluding hydrogens is 296 g/mol. The van der Waals surface area contributed by atoms with Crippen LogP contribution in [-0.4, -0.2) is 4.98 Å². The summed E-state index contributed by atoms with van der Waals surface area (Å²) in [6.45, 7) is 4.25. The summed E-state index contributed by atoms with van der Waals surface area (Å²) in [6.07, 6.45) is 1.08. The number of anilines is 1. The van der Waals surface area contributed by atoms with Crippen LogP contribution in [0.2, 0.25) is 0 Å². The molecule has 4 heteroatoms. The van der Waals surface area contributed by atoms with Crippen molar-refractivity contribution in [3.63, 3.8) is 0 Å². The highest BCUT2D eigenvalue weighted by Crippen LogP contribution is 2.28. The van der Waals surface area contributed by atoms with Crippen molar-refractivity contribution >= 4 is 28.4 Å². The van der Waals surface area contributed by atoms with Gasteiger partial charge in [-0.25, -0.2) is 4.98 Å². The predicted octanol–water partition coefficient (Wildman–Crippen LogP) is 5.74. The van der Waals surface area contributed by atoms with Gasteiger partial charge in [0, 0.05) is 21.5 Å². The fourth-order valence-electron chi connectivity index (χ4n) is 2.30. The Morgan fingerprint density at radius 2 is 1.95 bits per heavy atom. The summed E-state index contributed by atoms with van der Waals surface area (Å²) < 4.78 is 0. The molecule has 1 unspecified atom stereocenters. The number of aromatic nitrogens is 1. The first kappa shape index (κ1) is 14.3. The largest absolute Gasteiger partial charge is 0.377 e. The smallest absolute Gasteiger partial charge is 0.0901 e. The zero-order chi connectivity index (χ0) is 14.7. The number of rotatable bonds is 5. The van der Waals surface area contributed by atoms with Gasteiger partial charge in [-0.1, -0.05) is 25.1 Å². The maximum Gasteiger partial charge on any atom is 0.0901 e. The Morgan fingerprint density at radius 3 is 2.52 bits per heavy atom. The molecule has 2 nitrogen and oxygen atoms in total. The molecule has 1 atom stereocenters. The van der Waals surface area contributed by atoms with Gasteiger partial charge < -0.3 is 5.32 Å². The molecule has 0 spiro atoms. The first-order chi connectivity index (χ1) is 10.3. The zero-order valence-electron chi connectivity index (χ0n) is 12.2. The van der Waals surface area contributed by atoms with Crippen molar-refractivity contribution in [2.45, 2.75) is 26.3 Å². The zero-order valence-corrected chi connectivity index (χ0v) is 13.8. The third-order valence-corrected chi connectivity index (χ3v) is 5.19. The molecule has 0 fully saturated rings. The summed E-state index contributed by atoms with van der Waals surface area (Å²) >= 11 is 3.50. The molecule has 1 aromatic carbocycles. The number of thiophene rings is 1. The number of hydrogen-bond donors (Lipinski definition) is 1.